The number of carbonyl (C=O) groups excluding carboxylic acids is 4. The number of nitrogens with zero attached hydrogens (tertiary/aromatic N) is 6. The number of methoxy groups -OCH3 is 1. The van der Waals surface area contributed by atoms with Crippen molar-refractivity contribution in [2.75, 3.05) is 54.0 Å². The van der Waals surface area contributed by atoms with Crippen LogP contribution in [0.1, 0.15) is 61.5 Å². The molecule has 4 aromatic carbocycles. The Bertz CT molecular complexity index is 2630. The number of aromatic nitrogens is 2. The molecular weight excluding hydrogens is 926 g/mol. The summed E-state index contributed by atoms with van der Waals surface area (Å²) in [4.78, 5) is 71.9. The van der Waals surface area contributed by atoms with Gasteiger partial charge in [-0.3, -0.25) is 24.1 Å². The van der Waals surface area contributed by atoms with Gasteiger partial charge in [-0.15, -0.1) is 0 Å². The van der Waals surface area contributed by atoms with Crippen molar-refractivity contribution in [3.05, 3.63) is 136 Å². The summed E-state index contributed by atoms with van der Waals surface area (Å²) >= 11 is 12.9. The maximum absolute atomic E-state index is 15.1. The number of halogens is 2. The molecule has 15 heteroatoms. The van der Waals surface area contributed by atoms with Crippen LogP contribution in [0.5, 0.6) is 11.5 Å². The molecule has 4 heterocycles. The Kier molecular flexibility index (Phi) is 16.5. The third kappa shape index (κ3) is 12.3. The van der Waals surface area contributed by atoms with Crippen LogP contribution in [-0.4, -0.2) is 124 Å². The zero-order valence-corrected chi connectivity index (χ0v) is 42.4. The van der Waals surface area contributed by atoms with E-state index in [1.807, 2.05) is 97.0 Å². The molecule has 3 fully saturated rings. The first-order valence-electron chi connectivity index (χ1n) is 24.3. The summed E-state index contributed by atoms with van der Waals surface area (Å²) in [5.74, 6) is -0.843. The van der Waals surface area contributed by atoms with E-state index in [9.17, 15) is 14.4 Å². The Morgan fingerprint density at radius 3 is 2.31 bits per heavy atom. The molecule has 5 atom stereocenters. The van der Waals surface area contributed by atoms with Crippen LogP contribution in [0.2, 0.25) is 10.0 Å². The number of nitrogens with one attached hydrogen (secondary N) is 1. The largest absolute Gasteiger partial charge is 0.457 e. The molecule has 370 valence electrons. The number of piperidine rings is 1. The molecule has 0 saturated carbocycles. The summed E-state index contributed by atoms with van der Waals surface area (Å²) in [5.41, 5.74) is 3.60. The van der Waals surface area contributed by atoms with Crippen molar-refractivity contribution in [3.8, 4) is 22.8 Å². The third-order valence-electron chi connectivity index (χ3n) is 14.4. The fourth-order valence-electron chi connectivity index (χ4n) is 10.4. The molecule has 3 aliphatic rings. The predicted molar refractivity (Wildman–Crippen MR) is 273 cm³/mol. The summed E-state index contributed by atoms with van der Waals surface area (Å²) in [6, 6.07) is 29.7. The molecule has 3 aliphatic heterocycles. The quantitative estimate of drug-likeness (QED) is 0.117. The molecule has 70 heavy (non-hydrogen) atoms. The number of hydrogen-bond donors (Lipinski definition) is 1. The lowest BCUT2D eigenvalue weighted by atomic mass is 9.81. The molecule has 1 aromatic heterocycles. The van der Waals surface area contributed by atoms with Crippen LogP contribution in [0.15, 0.2) is 103 Å². The molecule has 2 bridgehead atoms. The van der Waals surface area contributed by atoms with Gasteiger partial charge in [0.05, 0.1) is 55.0 Å². The van der Waals surface area contributed by atoms with E-state index in [4.69, 9.17) is 37.7 Å². The highest BCUT2D eigenvalue weighted by Gasteiger charge is 2.43. The fourth-order valence-corrected chi connectivity index (χ4v) is 10.6. The number of fused-ring (bicyclic) bond motifs is 2. The summed E-state index contributed by atoms with van der Waals surface area (Å²) < 4.78 is 14.2. The van der Waals surface area contributed by atoms with E-state index >= 15 is 4.79 Å². The second-order valence-corrected chi connectivity index (χ2v) is 20.6. The van der Waals surface area contributed by atoms with Crippen molar-refractivity contribution >= 4 is 46.7 Å². The number of rotatable bonds is 14. The summed E-state index contributed by atoms with van der Waals surface area (Å²) in [6.45, 7) is 5.20. The third-order valence-corrected chi connectivity index (χ3v) is 14.9. The van der Waals surface area contributed by atoms with Gasteiger partial charge in [-0.1, -0.05) is 71.7 Å². The predicted octanol–water partition coefficient (Wildman–Crippen LogP) is 8.24. The SMILES string of the molecule is COC[C@@H]1CC(=O)[C@H](C)N(Cc2ccc(Cl)cc2Oc2ccc(-c3cnc(CN4CC[C@H](N(C)C)C4)n3C)cc2)C(=O)C[C@@H](Cc2ccccc2)C(=O)N2CCC[C@@](Cc3ccc(Cl)cc3)(C2)NC1=O. The highest BCUT2D eigenvalue weighted by atomic mass is 35.5. The van der Waals surface area contributed by atoms with Crippen molar-refractivity contribution < 1.29 is 28.7 Å². The molecule has 0 spiro atoms. The minimum absolute atomic E-state index is 0.0111. The maximum atomic E-state index is 15.1. The number of likely N-dealkylation sites (N-methyl/N-ethyl adjacent to an activating group) is 1. The first-order chi connectivity index (χ1) is 33.7. The molecule has 8 rings (SSSR count). The first kappa shape index (κ1) is 50.8. The van der Waals surface area contributed by atoms with Crippen molar-refractivity contribution in [2.24, 2.45) is 18.9 Å². The smallest absolute Gasteiger partial charge is 0.226 e. The molecule has 3 saturated heterocycles. The lowest BCUT2D eigenvalue weighted by Gasteiger charge is -2.45. The Morgan fingerprint density at radius 2 is 1.60 bits per heavy atom. The number of ether oxygens (including phenoxy) is 2. The summed E-state index contributed by atoms with van der Waals surface area (Å²) in [5, 5.41) is 4.38. The van der Waals surface area contributed by atoms with Crippen LogP contribution < -0.4 is 10.1 Å². The number of amides is 3. The lowest BCUT2D eigenvalue weighted by Crippen LogP contribution is -2.63. The number of benzene rings is 4. The van der Waals surface area contributed by atoms with Gasteiger partial charge < -0.3 is 34.1 Å². The Morgan fingerprint density at radius 1 is 0.857 bits per heavy atom. The van der Waals surface area contributed by atoms with Gasteiger partial charge in [0, 0.05) is 80.4 Å². The minimum atomic E-state index is -0.982. The average molecular weight is 991 g/mol. The van der Waals surface area contributed by atoms with Gasteiger partial charge >= 0.3 is 0 Å². The van der Waals surface area contributed by atoms with E-state index in [0.717, 1.165) is 54.3 Å². The molecule has 1 N–H and O–H groups in total. The van der Waals surface area contributed by atoms with Gasteiger partial charge in [0.15, 0.2) is 5.78 Å². The van der Waals surface area contributed by atoms with E-state index in [1.165, 1.54) is 12.0 Å². The van der Waals surface area contributed by atoms with Gasteiger partial charge in [0.1, 0.15) is 17.3 Å². The first-order valence-corrected chi connectivity index (χ1v) is 25.1. The Labute approximate surface area is 422 Å². The van der Waals surface area contributed by atoms with Gasteiger partial charge in [0.25, 0.3) is 0 Å². The lowest BCUT2D eigenvalue weighted by molar-refractivity contribution is -0.147. The fraction of sp³-hybridized carbons (Fsp3) is 0.436. The molecule has 5 aromatic rings. The standard InChI is InChI=1S/C55H65Cl2N7O6/c1-37-49(65)27-43(35-69-5)53(67)59-55(30-39-12-17-44(56)18-13-39)23-9-24-63(36-55)54(68)42(26-38-10-7-6-8-11-38)28-52(66)64(37)32-41-14-19-45(57)29-50(41)70-47-20-15-40(16-21-47)48-31-58-51(61(48)4)34-62-25-22-46(33-62)60(2)3/h6-8,10-21,29,31,37,42-43,46H,9,22-28,30,32-36H2,1-5H3,(H,59,67)/t37-,42+,43-,46-,55+/m0/s1. The van der Waals surface area contributed by atoms with Crippen LogP contribution in [0.25, 0.3) is 11.3 Å². The molecule has 13 nitrogen and oxygen atoms in total. The number of Topliss-reactive ketones (excluding diaryl/α,β-unsaturated/α-hetero) is 1. The van der Waals surface area contributed by atoms with Gasteiger partial charge in [-0.2, -0.15) is 0 Å². The van der Waals surface area contributed by atoms with E-state index in [-0.39, 0.29) is 56.0 Å². The minimum Gasteiger partial charge on any atom is -0.457 e. The topological polar surface area (TPSA) is 130 Å². The summed E-state index contributed by atoms with van der Waals surface area (Å²) in [6.07, 6.45) is 4.74. The van der Waals surface area contributed by atoms with Crippen molar-refractivity contribution in [2.45, 2.75) is 82.6 Å². The molecular formula is C55H65Cl2N7O6. The highest BCUT2D eigenvalue weighted by Crippen LogP contribution is 2.34. The van der Waals surface area contributed by atoms with Crippen LogP contribution in [0.3, 0.4) is 0 Å². The van der Waals surface area contributed by atoms with Gasteiger partial charge in [0.2, 0.25) is 17.7 Å². The zero-order valence-electron chi connectivity index (χ0n) is 40.9. The van der Waals surface area contributed by atoms with Gasteiger partial charge in [-0.25, -0.2) is 4.98 Å². The Hall–Kier alpha value is -5.57. The van der Waals surface area contributed by atoms with E-state index in [2.05, 4.69) is 33.8 Å². The zero-order chi connectivity index (χ0) is 49.5. The number of likely N-dealkylation sites (tertiary alicyclic amines) is 1. The van der Waals surface area contributed by atoms with Crippen molar-refractivity contribution in [1.82, 2.24) is 34.5 Å². The molecule has 3 amide bonds. The van der Waals surface area contributed by atoms with Crippen LogP contribution >= 0.6 is 23.2 Å². The number of hydrogen-bond acceptors (Lipinski definition) is 9. The second kappa shape index (κ2) is 22.7. The number of imidazole rings is 1. The highest BCUT2D eigenvalue weighted by molar-refractivity contribution is 6.31. The van der Waals surface area contributed by atoms with Crippen LogP contribution in [0, 0.1) is 11.8 Å². The van der Waals surface area contributed by atoms with Crippen LogP contribution in [-0.2, 0) is 56.9 Å². The van der Waals surface area contributed by atoms with Crippen molar-refractivity contribution in [1.29, 1.82) is 0 Å². The number of ketones is 1. The summed E-state index contributed by atoms with van der Waals surface area (Å²) in [7, 11) is 7.81. The normalized spacial score (nSPS) is 22.9. The second-order valence-electron chi connectivity index (χ2n) is 19.7. The molecule has 0 unspecified atom stereocenters. The van der Waals surface area contributed by atoms with Crippen molar-refractivity contribution in [3.63, 3.8) is 0 Å². The van der Waals surface area contributed by atoms with E-state index in [1.54, 1.807) is 25.1 Å². The van der Waals surface area contributed by atoms with Crippen LogP contribution in [0.4, 0.5) is 0 Å². The average Bonchev–Trinajstić information content (AvgIpc) is 3.98. The van der Waals surface area contributed by atoms with E-state index in [0.29, 0.717) is 65.4 Å². The molecule has 0 aliphatic carbocycles. The molecule has 0 radical (unpaired) electrons. The van der Waals surface area contributed by atoms with Gasteiger partial charge in [-0.05, 0) is 113 Å². The van der Waals surface area contributed by atoms with E-state index < -0.39 is 23.4 Å². The monoisotopic (exact) mass is 989 g/mol. The number of carbonyl (C=O) groups is 4. The maximum Gasteiger partial charge on any atom is 0.226 e. The Balaban J connectivity index is 1.07.